The summed E-state index contributed by atoms with van der Waals surface area (Å²) in [6.45, 7) is 6.11. The second-order valence-electron chi connectivity index (χ2n) is 6.00. The summed E-state index contributed by atoms with van der Waals surface area (Å²) in [4.78, 5) is 12.3. The van der Waals surface area contributed by atoms with Crippen molar-refractivity contribution in [2.75, 3.05) is 6.61 Å². The summed E-state index contributed by atoms with van der Waals surface area (Å²) in [7, 11) is 0. The van der Waals surface area contributed by atoms with Crippen molar-refractivity contribution >= 4 is 5.91 Å². The Morgan fingerprint density at radius 3 is 2.28 bits per heavy atom. The van der Waals surface area contributed by atoms with Gasteiger partial charge in [-0.3, -0.25) is 4.79 Å². The second-order valence-corrected chi connectivity index (χ2v) is 6.00. The molecule has 0 radical (unpaired) electrons. The minimum atomic E-state index is -0.632. The van der Waals surface area contributed by atoms with Crippen LogP contribution in [0.25, 0.3) is 0 Å². The van der Waals surface area contributed by atoms with Gasteiger partial charge in [0.05, 0.1) is 6.04 Å². The Hall–Kier alpha value is -2.56. The summed E-state index contributed by atoms with van der Waals surface area (Å²) >= 11 is 0. The Bertz CT molecular complexity index is 670. The average Bonchev–Trinajstić information content (AvgIpc) is 2.60. The van der Waals surface area contributed by atoms with Crippen molar-refractivity contribution in [1.82, 2.24) is 5.32 Å². The van der Waals surface area contributed by atoms with Gasteiger partial charge in [-0.1, -0.05) is 24.6 Å². The summed E-state index contributed by atoms with van der Waals surface area (Å²) in [6, 6.07) is 13.2. The molecule has 0 bridgehead atoms. The van der Waals surface area contributed by atoms with Gasteiger partial charge in [0.2, 0.25) is 0 Å². The van der Waals surface area contributed by atoms with E-state index in [-0.39, 0.29) is 17.8 Å². The van der Waals surface area contributed by atoms with Crippen LogP contribution in [0.5, 0.6) is 11.5 Å². The third-order valence-corrected chi connectivity index (χ3v) is 3.66. The molecule has 2 aromatic rings. The van der Waals surface area contributed by atoms with Crippen LogP contribution in [-0.4, -0.2) is 24.7 Å². The van der Waals surface area contributed by atoms with Crippen molar-refractivity contribution in [3.05, 3.63) is 59.9 Å². The van der Waals surface area contributed by atoms with Gasteiger partial charge in [-0.2, -0.15) is 0 Å². The fourth-order valence-corrected chi connectivity index (χ4v) is 2.23. The first-order valence-corrected chi connectivity index (χ1v) is 8.40. The number of rotatable bonds is 8. The van der Waals surface area contributed by atoms with Crippen molar-refractivity contribution in [3.63, 3.8) is 0 Å². The number of hydrogen-bond acceptors (Lipinski definition) is 3. The lowest BCUT2D eigenvalue weighted by Crippen LogP contribution is -2.44. The topological polar surface area (TPSA) is 47.6 Å². The number of ether oxygens (including phenoxy) is 2. The van der Waals surface area contributed by atoms with Gasteiger partial charge in [0.15, 0.2) is 6.10 Å². The number of carbonyl (C=O) groups is 1. The maximum absolute atomic E-state index is 12.9. The van der Waals surface area contributed by atoms with Gasteiger partial charge < -0.3 is 14.8 Å². The summed E-state index contributed by atoms with van der Waals surface area (Å²) < 4.78 is 24.2. The predicted molar refractivity (Wildman–Crippen MR) is 95.4 cm³/mol. The molecular weight excluding hydrogens is 321 g/mol. The lowest BCUT2D eigenvalue weighted by Gasteiger charge is -2.20. The quantitative estimate of drug-likeness (QED) is 0.790. The van der Waals surface area contributed by atoms with Crippen LogP contribution in [0.4, 0.5) is 4.39 Å². The molecule has 0 aliphatic heterocycles. The van der Waals surface area contributed by atoms with Crippen LogP contribution in [0.15, 0.2) is 48.5 Å². The lowest BCUT2D eigenvalue weighted by molar-refractivity contribution is -0.128. The van der Waals surface area contributed by atoms with Gasteiger partial charge in [0, 0.05) is 0 Å². The standard InChI is InChI=1S/C20H24FNO3/c1-4-19(25-18-11-7-16(21)8-12-18)20(23)22-15(3)13-24-17-9-5-14(2)6-10-17/h5-12,15,19H,4,13H2,1-3H3,(H,22,23). The molecule has 134 valence electrons. The predicted octanol–water partition coefficient (Wildman–Crippen LogP) is 3.88. The smallest absolute Gasteiger partial charge is 0.261 e. The summed E-state index contributed by atoms with van der Waals surface area (Å²) in [5.41, 5.74) is 1.16. The van der Waals surface area contributed by atoms with Crippen molar-refractivity contribution in [1.29, 1.82) is 0 Å². The molecule has 2 aromatic carbocycles. The van der Waals surface area contributed by atoms with Crippen LogP contribution in [0.1, 0.15) is 25.8 Å². The van der Waals surface area contributed by atoms with E-state index in [4.69, 9.17) is 9.47 Å². The molecule has 0 spiro atoms. The number of amides is 1. The van der Waals surface area contributed by atoms with E-state index in [1.54, 1.807) is 0 Å². The zero-order valence-electron chi connectivity index (χ0n) is 14.8. The minimum absolute atomic E-state index is 0.167. The van der Waals surface area contributed by atoms with Gasteiger partial charge in [-0.15, -0.1) is 0 Å². The normalized spacial score (nSPS) is 13.0. The first kappa shape index (κ1) is 18.8. The van der Waals surface area contributed by atoms with Crippen LogP contribution in [0.2, 0.25) is 0 Å². The molecule has 0 aromatic heterocycles. The summed E-state index contributed by atoms with van der Waals surface area (Å²) in [5, 5.41) is 2.88. The number of aryl methyl sites for hydroxylation is 1. The van der Waals surface area contributed by atoms with Gasteiger partial charge in [-0.25, -0.2) is 4.39 Å². The Kier molecular flexibility index (Phi) is 6.81. The van der Waals surface area contributed by atoms with E-state index in [9.17, 15) is 9.18 Å². The highest BCUT2D eigenvalue weighted by atomic mass is 19.1. The molecule has 1 amide bonds. The van der Waals surface area contributed by atoms with Crippen LogP contribution in [0.3, 0.4) is 0 Å². The first-order chi connectivity index (χ1) is 12.0. The fraction of sp³-hybridized carbons (Fsp3) is 0.350. The molecule has 2 unspecified atom stereocenters. The number of nitrogens with one attached hydrogen (secondary N) is 1. The monoisotopic (exact) mass is 345 g/mol. The number of hydrogen-bond donors (Lipinski definition) is 1. The van der Waals surface area contributed by atoms with Crippen LogP contribution >= 0.6 is 0 Å². The highest BCUT2D eigenvalue weighted by molar-refractivity contribution is 5.81. The molecule has 4 nitrogen and oxygen atoms in total. The fourth-order valence-electron chi connectivity index (χ4n) is 2.23. The minimum Gasteiger partial charge on any atom is -0.491 e. The third kappa shape index (κ3) is 6.10. The molecule has 1 N–H and O–H groups in total. The molecule has 0 saturated heterocycles. The molecule has 0 aliphatic carbocycles. The molecule has 5 heteroatoms. The van der Waals surface area contributed by atoms with Crippen LogP contribution in [0, 0.1) is 12.7 Å². The lowest BCUT2D eigenvalue weighted by atomic mass is 10.2. The largest absolute Gasteiger partial charge is 0.491 e. The zero-order valence-corrected chi connectivity index (χ0v) is 14.8. The summed E-state index contributed by atoms with van der Waals surface area (Å²) in [5.74, 6) is 0.673. The molecule has 0 heterocycles. The van der Waals surface area contributed by atoms with Gasteiger partial charge in [-0.05, 0) is 56.7 Å². The van der Waals surface area contributed by atoms with Crippen molar-refractivity contribution in [2.24, 2.45) is 0 Å². The molecule has 2 atom stereocenters. The van der Waals surface area contributed by atoms with Crippen molar-refractivity contribution < 1.29 is 18.7 Å². The van der Waals surface area contributed by atoms with E-state index < -0.39 is 6.10 Å². The second kappa shape index (κ2) is 9.06. The third-order valence-electron chi connectivity index (χ3n) is 3.66. The van der Waals surface area contributed by atoms with E-state index in [1.807, 2.05) is 45.0 Å². The molecule has 2 rings (SSSR count). The molecule has 0 aliphatic rings. The van der Waals surface area contributed by atoms with Crippen molar-refractivity contribution in [3.8, 4) is 11.5 Å². The van der Waals surface area contributed by atoms with Gasteiger partial charge in [0.1, 0.15) is 23.9 Å². The molecule has 25 heavy (non-hydrogen) atoms. The molecule has 0 saturated carbocycles. The zero-order chi connectivity index (χ0) is 18.2. The van der Waals surface area contributed by atoms with E-state index in [2.05, 4.69) is 5.32 Å². The highest BCUT2D eigenvalue weighted by Gasteiger charge is 2.20. The Morgan fingerprint density at radius 2 is 1.68 bits per heavy atom. The highest BCUT2D eigenvalue weighted by Crippen LogP contribution is 2.15. The van der Waals surface area contributed by atoms with E-state index in [1.165, 1.54) is 24.3 Å². The SMILES string of the molecule is CCC(Oc1ccc(F)cc1)C(=O)NC(C)COc1ccc(C)cc1. The Morgan fingerprint density at radius 1 is 1.08 bits per heavy atom. The number of carbonyl (C=O) groups excluding carboxylic acids is 1. The van der Waals surface area contributed by atoms with E-state index >= 15 is 0 Å². The summed E-state index contributed by atoms with van der Waals surface area (Å²) in [6.07, 6.45) is -0.123. The van der Waals surface area contributed by atoms with E-state index in [0.717, 1.165) is 11.3 Å². The van der Waals surface area contributed by atoms with E-state index in [0.29, 0.717) is 18.8 Å². The van der Waals surface area contributed by atoms with Gasteiger partial charge >= 0.3 is 0 Å². The van der Waals surface area contributed by atoms with Crippen LogP contribution in [-0.2, 0) is 4.79 Å². The molecular formula is C20H24FNO3. The van der Waals surface area contributed by atoms with Crippen LogP contribution < -0.4 is 14.8 Å². The average molecular weight is 345 g/mol. The maximum atomic E-state index is 12.9. The first-order valence-electron chi connectivity index (χ1n) is 8.40. The van der Waals surface area contributed by atoms with Crippen molar-refractivity contribution in [2.45, 2.75) is 39.3 Å². The number of halogens is 1. The Labute approximate surface area is 148 Å². The Balaban J connectivity index is 1.83. The molecule has 0 fully saturated rings. The van der Waals surface area contributed by atoms with Gasteiger partial charge in [0.25, 0.3) is 5.91 Å². The maximum Gasteiger partial charge on any atom is 0.261 e. The number of benzene rings is 2.